The largest absolute Gasteiger partial charge is 0.307 e. The molecular weight excluding hydrogens is 290 g/mol. The van der Waals surface area contributed by atoms with E-state index in [0.717, 1.165) is 32.7 Å². The van der Waals surface area contributed by atoms with Gasteiger partial charge in [0.15, 0.2) is 0 Å². The predicted octanol–water partition coefficient (Wildman–Crippen LogP) is 1.42. The molecule has 23 heavy (non-hydrogen) atoms. The molecule has 6 nitrogen and oxygen atoms in total. The van der Waals surface area contributed by atoms with E-state index in [4.69, 9.17) is 0 Å². The van der Waals surface area contributed by atoms with E-state index in [9.17, 15) is 4.79 Å². The summed E-state index contributed by atoms with van der Waals surface area (Å²) in [4.78, 5) is 17.0. The maximum Gasteiger partial charge on any atom is 0.256 e. The number of rotatable bonds is 4. The van der Waals surface area contributed by atoms with Gasteiger partial charge in [0.05, 0.1) is 6.20 Å². The Morgan fingerprint density at radius 3 is 2.39 bits per heavy atom. The Morgan fingerprint density at radius 1 is 1.09 bits per heavy atom. The molecule has 0 aliphatic carbocycles. The van der Waals surface area contributed by atoms with Crippen molar-refractivity contribution in [3.8, 4) is 0 Å². The van der Waals surface area contributed by atoms with Crippen LogP contribution in [-0.2, 0) is 13.6 Å². The maximum atomic E-state index is 12.2. The lowest BCUT2D eigenvalue weighted by Crippen LogP contribution is -2.43. The van der Waals surface area contributed by atoms with Crippen LogP contribution >= 0.6 is 0 Å². The van der Waals surface area contributed by atoms with Crippen molar-refractivity contribution in [1.29, 1.82) is 0 Å². The number of hydrogen-bond donors (Lipinski definition) is 1. The smallest absolute Gasteiger partial charge is 0.256 e. The van der Waals surface area contributed by atoms with Gasteiger partial charge >= 0.3 is 0 Å². The Morgan fingerprint density at radius 2 is 1.78 bits per heavy atom. The zero-order chi connectivity index (χ0) is 16.2. The monoisotopic (exact) mass is 313 g/mol. The van der Waals surface area contributed by atoms with Gasteiger partial charge in [0.1, 0.15) is 5.82 Å². The van der Waals surface area contributed by atoms with Crippen LogP contribution in [0.25, 0.3) is 0 Å². The lowest BCUT2D eigenvalue weighted by Gasteiger charge is -2.32. The Balaban J connectivity index is 1.58. The number of aromatic nitrogens is 2. The van der Waals surface area contributed by atoms with E-state index in [1.807, 2.05) is 24.3 Å². The zero-order valence-electron chi connectivity index (χ0n) is 13.7. The van der Waals surface area contributed by atoms with E-state index in [-0.39, 0.29) is 5.91 Å². The summed E-state index contributed by atoms with van der Waals surface area (Å²) in [6.07, 6.45) is 1.66. The quantitative estimate of drug-likeness (QED) is 0.927. The van der Waals surface area contributed by atoms with Crippen LogP contribution < -0.4 is 5.32 Å². The highest BCUT2D eigenvalue weighted by molar-refractivity contribution is 6.03. The van der Waals surface area contributed by atoms with Crippen LogP contribution in [0.5, 0.6) is 0 Å². The second kappa shape index (κ2) is 6.93. The van der Waals surface area contributed by atoms with Crippen molar-refractivity contribution in [3.05, 3.63) is 47.7 Å². The number of anilines is 1. The number of nitrogens with zero attached hydrogens (tertiary/aromatic N) is 4. The standard InChI is InChI=1S/C17H23N5O/c1-20-9-11-22(12-10-20)13-14-3-5-15(6-4-14)17(23)19-16-7-8-18-21(16)2/h3-8H,9-13H2,1-2H3,(H,19,23). The molecule has 1 aromatic carbocycles. The number of aryl methyl sites for hydroxylation is 1. The summed E-state index contributed by atoms with van der Waals surface area (Å²) in [5, 5.41) is 6.90. The van der Waals surface area contributed by atoms with Gasteiger partial charge in [-0.1, -0.05) is 12.1 Å². The predicted molar refractivity (Wildman–Crippen MR) is 90.4 cm³/mol. The fraction of sp³-hybridized carbons (Fsp3) is 0.412. The average Bonchev–Trinajstić information content (AvgIpc) is 2.95. The first-order valence-corrected chi connectivity index (χ1v) is 7.91. The molecule has 3 rings (SSSR count). The molecule has 1 aliphatic heterocycles. The summed E-state index contributed by atoms with van der Waals surface area (Å²) in [5.74, 6) is 0.580. The minimum absolute atomic E-state index is 0.111. The molecule has 2 heterocycles. The lowest BCUT2D eigenvalue weighted by atomic mass is 10.1. The number of nitrogens with one attached hydrogen (secondary N) is 1. The van der Waals surface area contributed by atoms with Crippen LogP contribution in [0, 0.1) is 0 Å². The first-order chi connectivity index (χ1) is 11.1. The molecule has 1 aliphatic rings. The molecule has 0 saturated carbocycles. The fourth-order valence-electron chi connectivity index (χ4n) is 2.71. The Bertz CT molecular complexity index is 656. The summed E-state index contributed by atoms with van der Waals surface area (Å²) < 4.78 is 1.64. The van der Waals surface area contributed by atoms with Gasteiger partial charge in [-0.25, -0.2) is 0 Å². The Kier molecular flexibility index (Phi) is 4.73. The van der Waals surface area contributed by atoms with Gasteiger partial charge in [0.25, 0.3) is 5.91 Å². The van der Waals surface area contributed by atoms with Crippen LogP contribution in [0.1, 0.15) is 15.9 Å². The van der Waals surface area contributed by atoms with Gasteiger partial charge in [-0.05, 0) is 24.7 Å². The van der Waals surface area contributed by atoms with Gasteiger partial charge in [0, 0.05) is 51.4 Å². The number of carbonyl (C=O) groups is 1. The maximum absolute atomic E-state index is 12.2. The van der Waals surface area contributed by atoms with Crippen molar-refractivity contribution in [1.82, 2.24) is 19.6 Å². The Hall–Kier alpha value is -2.18. The number of carbonyl (C=O) groups excluding carboxylic acids is 1. The molecule has 0 spiro atoms. The van der Waals surface area contributed by atoms with Gasteiger partial charge in [0.2, 0.25) is 0 Å². The van der Waals surface area contributed by atoms with Gasteiger partial charge in [-0.2, -0.15) is 5.10 Å². The van der Waals surface area contributed by atoms with Crippen LogP contribution in [0.3, 0.4) is 0 Å². The summed E-state index contributed by atoms with van der Waals surface area (Å²) >= 11 is 0. The number of benzene rings is 1. The molecule has 0 bridgehead atoms. The van der Waals surface area contributed by atoms with Crippen LogP contribution in [0.2, 0.25) is 0 Å². The molecule has 1 N–H and O–H groups in total. The van der Waals surface area contributed by atoms with Gasteiger partial charge < -0.3 is 10.2 Å². The molecule has 1 saturated heterocycles. The third-order valence-electron chi connectivity index (χ3n) is 4.28. The van der Waals surface area contributed by atoms with E-state index in [1.165, 1.54) is 5.56 Å². The number of hydrogen-bond acceptors (Lipinski definition) is 4. The molecule has 0 radical (unpaired) electrons. The molecule has 0 atom stereocenters. The van der Waals surface area contributed by atoms with Gasteiger partial charge in [-0.15, -0.1) is 0 Å². The van der Waals surface area contributed by atoms with Crippen molar-refractivity contribution in [2.24, 2.45) is 7.05 Å². The molecule has 6 heteroatoms. The molecule has 1 fully saturated rings. The third-order valence-corrected chi connectivity index (χ3v) is 4.28. The molecule has 122 valence electrons. The van der Waals surface area contributed by atoms with Gasteiger partial charge in [-0.3, -0.25) is 14.4 Å². The zero-order valence-corrected chi connectivity index (χ0v) is 13.7. The average molecular weight is 313 g/mol. The lowest BCUT2D eigenvalue weighted by molar-refractivity contribution is 0.102. The van der Waals surface area contributed by atoms with E-state index >= 15 is 0 Å². The van der Waals surface area contributed by atoms with E-state index in [0.29, 0.717) is 11.4 Å². The van der Waals surface area contributed by atoms with Crippen LogP contribution in [-0.4, -0.2) is 58.7 Å². The second-order valence-electron chi connectivity index (χ2n) is 6.07. The number of piperazine rings is 1. The van der Waals surface area contributed by atoms with Crippen LogP contribution in [0.4, 0.5) is 5.82 Å². The molecule has 0 unspecified atom stereocenters. The van der Waals surface area contributed by atoms with Crippen LogP contribution in [0.15, 0.2) is 36.5 Å². The van der Waals surface area contributed by atoms with Crippen molar-refractivity contribution in [3.63, 3.8) is 0 Å². The third kappa shape index (κ3) is 3.97. The van der Waals surface area contributed by atoms with E-state index < -0.39 is 0 Å². The van der Waals surface area contributed by atoms with Crippen molar-refractivity contribution in [2.45, 2.75) is 6.54 Å². The normalized spacial score (nSPS) is 16.4. The molecular formula is C17H23N5O. The SMILES string of the molecule is CN1CCN(Cc2ccc(C(=O)Nc3ccnn3C)cc2)CC1. The van der Waals surface area contributed by atoms with Crippen molar-refractivity contribution >= 4 is 11.7 Å². The first-order valence-electron chi connectivity index (χ1n) is 7.91. The van der Waals surface area contributed by atoms with E-state index in [2.05, 4.69) is 27.3 Å². The highest BCUT2D eigenvalue weighted by Gasteiger charge is 2.14. The highest BCUT2D eigenvalue weighted by atomic mass is 16.1. The summed E-state index contributed by atoms with van der Waals surface area (Å²) in [6, 6.07) is 9.63. The molecule has 1 amide bonds. The molecule has 1 aromatic heterocycles. The minimum atomic E-state index is -0.111. The fourth-order valence-corrected chi connectivity index (χ4v) is 2.71. The first kappa shape index (κ1) is 15.7. The molecule has 2 aromatic rings. The minimum Gasteiger partial charge on any atom is -0.307 e. The summed E-state index contributed by atoms with van der Waals surface area (Å²) in [7, 11) is 3.96. The second-order valence-corrected chi connectivity index (χ2v) is 6.07. The summed E-state index contributed by atoms with van der Waals surface area (Å²) in [6.45, 7) is 5.37. The van der Waals surface area contributed by atoms with Crippen molar-refractivity contribution in [2.75, 3.05) is 38.5 Å². The Labute approximate surface area is 136 Å². The highest BCUT2D eigenvalue weighted by Crippen LogP contribution is 2.12. The number of likely N-dealkylation sites (N-methyl/N-ethyl adjacent to an activating group) is 1. The van der Waals surface area contributed by atoms with Crippen molar-refractivity contribution < 1.29 is 4.79 Å². The topological polar surface area (TPSA) is 53.4 Å². The summed E-state index contributed by atoms with van der Waals surface area (Å²) in [5.41, 5.74) is 1.90. The van der Waals surface area contributed by atoms with E-state index in [1.54, 1.807) is 24.0 Å². The number of amides is 1.